The van der Waals surface area contributed by atoms with Crippen LogP contribution in [0.3, 0.4) is 0 Å². The molecule has 0 atom stereocenters. The van der Waals surface area contributed by atoms with Crippen LogP contribution in [0.1, 0.15) is 12.8 Å². The van der Waals surface area contributed by atoms with Crippen molar-refractivity contribution in [2.24, 2.45) is 20.0 Å². The van der Waals surface area contributed by atoms with Crippen molar-refractivity contribution in [3.63, 3.8) is 0 Å². The topological polar surface area (TPSA) is 112 Å². The minimum atomic E-state index is -0.00506. The van der Waals surface area contributed by atoms with Crippen LogP contribution in [-0.2, 0) is 18.9 Å². The van der Waals surface area contributed by atoms with E-state index in [0.29, 0.717) is 23.0 Å². The minimum absolute atomic E-state index is 0.00506. The van der Waals surface area contributed by atoms with Crippen LogP contribution in [-0.4, -0.2) is 42.5 Å². The molecule has 3 heterocycles. The van der Waals surface area contributed by atoms with Gasteiger partial charge < -0.3 is 15.4 Å². The zero-order chi connectivity index (χ0) is 21.5. The van der Waals surface area contributed by atoms with Crippen molar-refractivity contribution in [2.75, 3.05) is 17.7 Å². The molecule has 0 aliphatic heterocycles. The van der Waals surface area contributed by atoms with Crippen molar-refractivity contribution >= 4 is 34.1 Å². The van der Waals surface area contributed by atoms with E-state index in [1.54, 1.807) is 22.8 Å². The molecule has 2 N–H and O–H groups in total. The van der Waals surface area contributed by atoms with Crippen molar-refractivity contribution < 1.29 is 9.53 Å². The van der Waals surface area contributed by atoms with Gasteiger partial charge in [-0.25, -0.2) is 9.97 Å². The van der Waals surface area contributed by atoms with Gasteiger partial charge in [0.15, 0.2) is 17.2 Å². The average Bonchev–Trinajstić information content (AvgIpc) is 3.40. The van der Waals surface area contributed by atoms with Gasteiger partial charge >= 0.3 is 0 Å². The number of carbonyl (C=O) groups is 1. The lowest BCUT2D eigenvalue weighted by molar-refractivity contribution is -0.117. The molecular weight excluding hydrogens is 396 g/mol. The number of pyridine rings is 1. The van der Waals surface area contributed by atoms with Gasteiger partial charge in [-0.3, -0.25) is 14.2 Å². The lowest BCUT2D eigenvalue weighted by Gasteiger charge is -2.15. The quantitative estimate of drug-likeness (QED) is 0.495. The third-order valence-corrected chi connectivity index (χ3v) is 5.14. The lowest BCUT2D eigenvalue weighted by atomic mass is 10.1. The fourth-order valence-corrected chi connectivity index (χ4v) is 3.49. The fourth-order valence-electron chi connectivity index (χ4n) is 3.49. The summed E-state index contributed by atoms with van der Waals surface area (Å²) >= 11 is 0. The fraction of sp³-hybridized carbons (Fsp3) is 0.286. The molecule has 0 spiro atoms. The van der Waals surface area contributed by atoms with Crippen LogP contribution in [0.15, 0.2) is 36.8 Å². The number of hydrogen-bond acceptors (Lipinski definition) is 7. The highest BCUT2D eigenvalue weighted by molar-refractivity contribution is 5.98. The monoisotopic (exact) mass is 418 g/mol. The molecule has 0 radical (unpaired) electrons. The van der Waals surface area contributed by atoms with E-state index in [1.165, 1.54) is 0 Å². The molecule has 10 nitrogen and oxygen atoms in total. The summed E-state index contributed by atoms with van der Waals surface area (Å²) in [7, 11) is 5.26. The van der Waals surface area contributed by atoms with Crippen molar-refractivity contribution in [1.82, 2.24) is 29.5 Å². The maximum Gasteiger partial charge on any atom is 0.228 e. The Balaban J connectivity index is 1.56. The molecule has 5 rings (SSSR count). The molecular formula is C21H22N8O2. The molecule has 0 saturated heterocycles. The first kappa shape index (κ1) is 19.0. The largest absolute Gasteiger partial charge is 0.494 e. The van der Waals surface area contributed by atoms with E-state index in [4.69, 9.17) is 4.74 Å². The number of para-hydroxylation sites is 1. The van der Waals surface area contributed by atoms with Gasteiger partial charge in [-0.15, -0.1) is 0 Å². The van der Waals surface area contributed by atoms with Crippen LogP contribution in [0, 0.1) is 5.92 Å². The first-order chi connectivity index (χ1) is 15.0. The molecule has 1 aliphatic rings. The Morgan fingerprint density at radius 1 is 1.16 bits per heavy atom. The van der Waals surface area contributed by atoms with Crippen molar-refractivity contribution in [3.8, 4) is 17.1 Å². The maximum atomic E-state index is 12.3. The molecule has 0 unspecified atom stereocenters. The van der Waals surface area contributed by atoms with Crippen LogP contribution in [0.25, 0.3) is 22.4 Å². The number of hydrogen-bond donors (Lipinski definition) is 2. The van der Waals surface area contributed by atoms with Gasteiger partial charge in [-0.05, 0) is 25.0 Å². The second-order valence-electron chi connectivity index (χ2n) is 7.61. The normalized spacial score (nSPS) is 13.4. The van der Waals surface area contributed by atoms with Gasteiger partial charge in [-0.2, -0.15) is 10.2 Å². The highest BCUT2D eigenvalue weighted by atomic mass is 16.5. The highest BCUT2D eigenvalue weighted by Gasteiger charge is 2.30. The Kier molecular flexibility index (Phi) is 4.54. The maximum absolute atomic E-state index is 12.3. The number of anilines is 3. The third kappa shape index (κ3) is 3.67. The Morgan fingerprint density at radius 3 is 2.71 bits per heavy atom. The number of aromatic nitrogens is 6. The number of rotatable bonds is 6. The van der Waals surface area contributed by atoms with Gasteiger partial charge in [-0.1, -0.05) is 6.07 Å². The number of benzene rings is 1. The summed E-state index contributed by atoms with van der Waals surface area (Å²) in [6.45, 7) is 0. The van der Waals surface area contributed by atoms with Gasteiger partial charge in [0.05, 0.1) is 29.4 Å². The smallest absolute Gasteiger partial charge is 0.228 e. The minimum Gasteiger partial charge on any atom is -0.494 e. The van der Waals surface area contributed by atoms with Gasteiger partial charge in [0.2, 0.25) is 5.91 Å². The standard InChI is InChI=1S/C21H22N8O2/c1-28-10-14-16(9-17(24-20(14)27-28)25-21(30)12-7-8-12)23-15-6-4-5-13(18(15)31-3)19-22-11-29(2)26-19/h4-6,9-12,23H,7-8H2,1-3H3,(H,24,25,27,30). The molecule has 1 fully saturated rings. The molecule has 1 amide bonds. The van der Waals surface area contributed by atoms with E-state index in [2.05, 4.69) is 30.8 Å². The third-order valence-electron chi connectivity index (χ3n) is 5.14. The second kappa shape index (κ2) is 7.38. The molecule has 1 aliphatic carbocycles. The Morgan fingerprint density at radius 2 is 2.00 bits per heavy atom. The second-order valence-corrected chi connectivity index (χ2v) is 7.61. The number of nitrogens with one attached hydrogen (secondary N) is 2. The molecule has 10 heteroatoms. The SMILES string of the molecule is COc1c(Nc2cc(NC(=O)C3CC3)nc3nn(C)cc23)cccc1-c1ncn(C)n1. The van der Waals surface area contributed by atoms with Gasteiger partial charge in [0.1, 0.15) is 12.1 Å². The number of amides is 1. The number of carbonyl (C=O) groups excluding carboxylic acids is 1. The van der Waals surface area contributed by atoms with Crippen molar-refractivity contribution in [1.29, 1.82) is 0 Å². The number of fused-ring (bicyclic) bond motifs is 1. The lowest BCUT2D eigenvalue weighted by Crippen LogP contribution is -2.14. The number of nitrogens with zero attached hydrogens (tertiary/aromatic N) is 6. The van der Waals surface area contributed by atoms with Gasteiger partial charge in [0, 0.05) is 32.3 Å². The molecule has 4 aromatic rings. The summed E-state index contributed by atoms with van der Waals surface area (Å²) in [6.07, 6.45) is 5.38. The Hall–Kier alpha value is -3.95. The van der Waals surface area contributed by atoms with Crippen LogP contribution in [0.5, 0.6) is 5.75 Å². The average molecular weight is 418 g/mol. The van der Waals surface area contributed by atoms with E-state index in [0.717, 1.165) is 35.2 Å². The van der Waals surface area contributed by atoms with E-state index >= 15 is 0 Å². The summed E-state index contributed by atoms with van der Waals surface area (Å²) in [5.41, 5.74) is 2.81. The van der Waals surface area contributed by atoms with E-state index in [9.17, 15) is 4.79 Å². The molecule has 158 valence electrons. The molecule has 31 heavy (non-hydrogen) atoms. The highest BCUT2D eigenvalue weighted by Crippen LogP contribution is 2.38. The summed E-state index contributed by atoms with van der Waals surface area (Å²) in [5.74, 6) is 1.73. The van der Waals surface area contributed by atoms with E-state index < -0.39 is 0 Å². The predicted molar refractivity (Wildman–Crippen MR) is 116 cm³/mol. The predicted octanol–water partition coefficient (Wildman–Crippen LogP) is 2.86. The van der Waals surface area contributed by atoms with Crippen LogP contribution < -0.4 is 15.4 Å². The summed E-state index contributed by atoms with van der Waals surface area (Å²) in [4.78, 5) is 21.1. The Bertz CT molecular complexity index is 1290. The van der Waals surface area contributed by atoms with E-state index in [1.807, 2.05) is 44.6 Å². The van der Waals surface area contributed by atoms with Crippen molar-refractivity contribution in [2.45, 2.75) is 12.8 Å². The zero-order valence-corrected chi connectivity index (χ0v) is 17.5. The summed E-state index contributed by atoms with van der Waals surface area (Å²) in [6, 6.07) is 7.55. The van der Waals surface area contributed by atoms with Crippen LogP contribution >= 0.6 is 0 Å². The number of methoxy groups -OCH3 is 1. The molecule has 1 saturated carbocycles. The van der Waals surface area contributed by atoms with Crippen LogP contribution in [0.4, 0.5) is 17.2 Å². The van der Waals surface area contributed by atoms with Crippen molar-refractivity contribution in [3.05, 3.63) is 36.8 Å². The number of ether oxygens (including phenoxy) is 1. The first-order valence-corrected chi connectivity index (χ1v) is 9.97. The van der Waals surface area contributed by atoms with Crippen LogP contribution in [0.2, 0.25) is 0 Å². The first-order valence-electron chi connectivity index (χ1n) is 9.97. The molecule has 0 bridgehead atoms. The number of aryl methyl sites for hydroxylation is 2. The molecule has 1 aromatic carbocycles. The van der Waals surface area contributed by atoms with Gasteiger partial charge in [0.25, 0.3) is 0 Å². The zero-order valence-electron chi connectivity index (χ0n) is 17.5. The van der Waals surface area contributed by atoms with E-state index in [-0.39, 0.29) is 11.8 Å². The summed E-state index contributed by atoms with van der Waals surface area (Å²) < 4.78 is 9.05. The molecule has 3 aromatic heterocycles. The summed E-state index contributed by atoms with van der Waals surface area (Å²) in [5, 5.41) is 16.0. The Labute approximate surface area is 178 Å².